The molecule has 1 aliphatic carbocycles. The fraction of sp³-hybridized carbons (Fsp3) is 0.538. The van der Waals surface area contributed by atoms with Crippen LogP contribution in [0.25, 0.3) is 0 Å². The van der Waals surface area contributed by atoms with Crippen LogP contribution in [0.3, 0.4) is 0 Å². The van der Waals surface area contributed by atoms with Crippen molar-refractivity contribution in [1.82, 2.24) is 5.32 Å². The Morgan fingerprint density at radius 1 is 1.53 bits per heavy atom. The standard InChI is InChI=1S/C13H17ClFNO/c1-13(8-17,10-3-4-10)16-7-9-2-5-12(15)11(14)6-9/h2,5-6,10,16-17H,3-4,7-8H2,1H3. The van der Waals surface area contributed by atoms with E-state index in [0.717, 1.165) is 18.4 Å². The molecule has 94 valence electrons. The summed E-state index contributed by atoms with van der Waals surface area (Å²) in [5.74, 6) is 0.144. The first-order chi connectivity index (χ1) is 8.05. The number of benzene rings is 1. The van der Waals surface area contributed by atoms with Gasteiger partial charge in [0.25, 0.3) is 0 Å². The van der Waals surface area contributed by atoms with Crippen LogP contribution in [-0.2, 0) is 6.54 Å². The lowest BCUT2D eigenvalue weighted by Crippen LogP contribution is -2.47. The largest absolute Gasteiger partial charge is 0.394 e. The molecule has 0 radical (unpaired) electrons. The number of hydrogen-bond donors (Lipinski definition) is 2. The molecule has 1 aliphatic rings. The van der Waals surface area contributed by atoms with Crippen LogP contribution in [0.1, 0.15) is 25.3 Å². The Hall–Kier alpha value is -0.640. The number of aliphatic hydroxyl groups excluding tert-OH is 1. The number of rotatable bonds is 5. The molecular weight excluding hydrogens is 241 g/mol. The first-order valence-corrected chi connectivity index (χ1v) is 6.23. The van der Waals surface area contributed by atoms with Crippen LogP contribution in [0.15, 0.2) is 18.2 Å². The van der Waals surface area contributed by atoms with E-state index in [1.165, 1.54) is 6.07 Å². The minimum Gasteiger partial charge on any atom is -0.394 e. The summed E-state index contributed by atoms with van der Waals surface area (Å²) in [6.45, 7) is 2.73. The van der Waals surface area contributed by atoms with E-state index in [0.29, 0.717) is 12.5 Å². The highest BCUT2D eigenvalue weighted by Gasteiger charge is 2.40. The van der Waals surface area contributed by atoms with Crippen LogP contribution < -0.4 is 5.32 Å². The van der Waals surface area contributed by atoms with Gasteiger partial charge in [0.1, 0.15) is 5.82 Å². The minimum absolute atomic E-state index is 0.118. The fourth-order valence-electron chi connectivity index (χ4n) is 2.00. The summed E-state index contributed by atoms with van der Waals surface area (Å²) in [6.07, 6.45) is 2.32. The normalized spacial score (nSPS) is 19.1. The van der Waals surface area contributed by atoms with E-state index in [-0.39, 0.29) is 17.2 Å². The predicted octanol–water partition coefficient (Wildman–Crippen LogP) is 2.73. The zero-order valence-corrected chi connectivity index (χ0v) is 10.6. The molecule has 0 aliphatic heterocycles. The molecule has 1 aromatic carbocycles. The highest BCUT2D eigenvalue weighted by Crippen LogP contribution is 2.39. The van der Waals surface area contributed by atoms with Gasteiger partial charge in [-0.2, -0.15) is 0 Å². The monoisotopic (exact) mass is 257 g/mol. The van der Waals surface area contributed by atoms with Crippen LogP contribution in [0, 0.1) is 11.7 Å². The molecule has 0 heterocycles. The van der Waals surface area contributed by atoms with E-state index in [9.17, 15) is 9.50 Å². The van der Waals surface area contributed by atoms with Gasteiger partial charge in [0, 0.05) is 12.1 Å². The molecule has 4 heteroatoms. The van der Waals surface area contributed by atoms with E-state index in [1.807, 2.05) is 6.92 Å². The maximum atomic E-state index is 13.0. The third-order valence-corrected chi connectivity index (χ3v) is 3.78. The Balaban J connectivity index is 1.98. The second-order valence-electron chi connectivity index (χ2n) is 4.95. The van der Waals surface area contributed by atoms with Crippen molar-refractivity contribution in [3.05, 3.63) is 34.6 Å². The molecule has 2 nitrogen and oxygen atoms in total. The zero-order chi connectivity index (χ0) is 12.5. The van der Waals surface area contributed by atoms with E-state index < -0.39 is 5.82 Å². The summed E-state index contributed by atoms with van der Waals surface area (Å²) < 4.78 is 13.0. The zero-order valence-electron chi connectivity index (χ0n) is 9.84. The van der Waals surface area contributed by atoms with Crippen LogP contribution in [-0.4, -0.2) is 17.3 Å². The van der Waals surface area contributed by atoms with E-state index >= 15 is 0 Å². The maximum absolute atomic E-state index is 13.0. The van der Waals surface area contributed by atoms with Crippen LogP contribution in [0.2, 0.25) is 5.02 Å². The van der Waals surface area contributed by atoms with E-state index in [1.54, 1.807) is 12.1 Å². The van der Waals surface area contributed by atoms with Crippen molar-refractivity contribution in [2.45, 2.75) is 31.8 Å². The Morgan fingerprint density at radius 2 is 2.24 bits per heavy atom. The van der Waals surface area contributed by atoms with Crippen molar-refractivity contribution < 1.29 is 9.50 Å². The van der Waals surface area contributed by atoms with Crippen molar-refractivity contribution in [1.29, 1.82) is 0 Å². The molecule has 2 rings (SSSR count). The molecule has 2 N–H and O–H groups in total. The molecule has 0 aromatic heterocycles. The predicted molar refractivity (Wildman–Crippen MR) is 66.5 cm³/mol. The first-order valence-electron chi connectivity index (χ1n) is 5.85. The topological polar surface area (TPSA) is 32.3 Å². The van der Waals surface area contributed by atoms with Gasteiger partial charge in [-0.25, -0.2) is 4.39 Å². The molecule has 0 amide bonds. The molecule has 0 bridgehead atoms. The highest BCUT2D eigenvalue weighted by atomic mass is 35.5. The molecule has 1 fully saturated rings. The summed E-state index contributed by atoms with van der Waals surface area (Å²) in [6, 6.07) is 4.69. The number of nitrogens with one attached hydrogen (secondary N) is 1. The summed E-state index contributed by atoms with van der Waals surface area (Å²) in [5.41, 5.74) is 0.692. The lowest BCUT2D eigenvalue weighted by Gasteiger charge is -2.29. The van der Waals surface area contributed by atoms with Crippen LogP contribution in [0.5, 0.6) is 0 Å². The fourth-order valence-corrected chi connectivity index (χ4v) is 2.21. The van der Waals surface area contributed by atoms with Gasteiger partial charge in [-0.3, -0.25) is 0 Å². The van der Waals surface area contributed by atoms with Crippen LogP contribution >= 0.6 is 11.6 Å². The second-order valence-corrected chi connectivity index (χ2v) is 5.36. The van der Waals surface area contributed by atoms with Gasteiger partial charge in [-0.05, 0) is 43.4 Å². The third kappa shape index (κ3) is 2.97. The lowest BCUT2D eigenvalue weighted by atomic mass is 9.96. The van der Waals surface area contributed by atoms with Crippen molar-refractivity contribution in [3.8, 4) is 0 Å². The molecule has 1 unspecified atom stereocenters. The molecule has 1 atom stereocenters. The van der Waals surface area contributed by atoms with Crippen molar-refractivity contribution in [2.24, 2.45) is 5.92 Å². The highest BCUT2D eigenvalue weighted by molar-refractivity contribution is 6.30. The summed E-state index contributed by atoms with van der Waals surface area (Å²) in [7, 11) is 0. The quantitative estimate of drug-likeness (QED) is 0.850. The van der Waals surface area contributed by atoms with Crippen molar-refractivity contribution >= 4 is 11.6 Å². The van der Waals surface area contributed by atoms with Gasteiger partial charge in [0.2, 0.25) is 0 Å². The minimum atomic E-state index is -0.400. The van der Waals surface area contributed by atoms with Gasteiger partial charge in [-0.1, -0.05) is 17.7 Å². The molecule has 0 spiro atoms. The summed E-state index contributed by atoms with van der Waals surface area (Å²) >= 11 is 5.72. The van der Waals surface area contributed by atoms with Gasteiger partial charge < -0.3 is 10.4 Å². The summed E-state index contributed by atoms with van der Waals surface area (Å²) in [4.78, 5) is 0. The molecule has 1 aromatic rings. The van der Waals surface area contributed by atoms with Crippen molar-refractivity contribution in [2.75, 3.05) is 6.61 Å². The first kappa shape index (κ1) is 12.8. The average molecular weight is 258 g/mol. The average Bonchev–Trinajstić information content (AvgIpc) is 3.14. The molecule has 17 heavy (non-hydrogen) atoms. The Labute approximate surface area is 106 Å². The van der Waals surface area contributed by atoms with Gasteiger partial charge in [0.15, 0.2) is 0 Å². The lowest BCUT2D eigenvalue weighted by molar-refractivity contribution is 0.153. The SMILES string of the molecule is CC(CO)(NCc1ccc(F)c(Cl)c1)C1CC1. The Bertz CT molecular complexity index is 408. The number of halogens is 2. The Morgan fingerprint density at radius 3 is 2.76 bits per heavy atom. The second kappa shape index (κ2) is 4.92. The number of hydrogen-bond acceptors (Lipinski definition) is 2. The number of aliphatic hydroxyl groups is 1. The van der Waals surface area contributed by atoms with Crippen LogP contribution in [0.4, 0.5) is 4.39 Å². The van der Waals surface area contributed by atoms with Gasteiger partial charge >= 0.3 is 0 Å². The third-order valence-electron chi connectivity index (χ3n) is 3.49. The summed E-state index contributed by atoms with van der Waals surface area (Å²) in [5, 5.41) is 12.9. The van der Waals surface area contributed by atoms with Gasteiger partial charge in [-0.15, -0.1) is 0 Å². The smallest absolute Gasteiger partial charge is 0.141 e. The molecular formula is C13H17ClFNO. The Kier molecular flexibility index (Phi) is 3.71. The van der Waals surface area contributed by atoms with E-state index in [4.69, 9.17) is 11.6 Å². The van der Waals surface area contributed by atoms with E-state index in [2.05, 4.69) is 5.32 Å². The maximum Gasteiger partial charge on any atom is 0.141 e. The molecule has 1 saturated carbocycles. The molecule has 0 saturated heterocycles. The van der Waals surface area contributed by atoms with Crippen molar-refractivity contribution in [3.63, 3.8) is 0 Å². The van der Waals surface area contributed by atoms with Gasteiger partial charge in [0.05, 0.1) is 11.6 Å².